The van der Waals surface area contributed by atoms with Gasteiger partial charge in [-0.15, -0.1) is 0 Å². The molecule has 0 unspecified atom stereocenters. The summed E-state index contributed by atoms with van der Waals surface area (Å²) in [5.41, 5.74) is 1.66. The minimum atomic E-state index is -0.852. The zero-order valence-corrected chi connectivity index (χ0v) is 10.8. The van der Waals surface area contributed by atoms with E-state index in [0.717, 1.165) is 15.9 Å². The van der Waals surface area contributed by atoms with E-state index in [-0.39, 0.29) is 6.42 Å². The van der Waals surface area contributed by atoms with Gasteiger partial charge in [-0.25, -0.2) is 4.98 Å². The average molecular weight is 295 g/mol. The summed E-state index contributed by atoms with van der Waals surface area (Å²) >= 11 is 3.37. The largest absolute Gasteiger partial charge is 0.481 e. The van der Waals surface area contributed by atoms with Crippen LogP contribution >= 0.6 is 15.9 Å². The fourth-order valence-electron chi connectivity index (χ4n) is 1.63. The van der Waals surface area contributed by atoms with Crippen molar-refractivity contribution in [1.29, 1.82) is 0 Å². The van der Waals surface area contributed by atoms with Crippen LogP contribution in [0.25, 0.3) is 11.4 Å². The Hall–Kier alpha value is -1.62. The molecule has 1 N–H and O–H groups in total. The lowest BCUT2D eigenvalue weighted by Crippen LogP contribution is -2.05. The molecule has 0 aliphatic carbocycles. The summed E-state index contributed by atoms with van der Waals surface area (Å²) < 4.78 is 2.80. The summed E-state index contributed by atoms with van der Waals surface area (Å²) in [4.78, 5) is 14.9. The minimum absolute atomic E-state index is 0.0139. The van der Waals surface area contributed by atoms with E-state index in [1.807, 2.05) is 31.3 Å². The number of nitrogens with zero attached hydrogens (tertiary/aromatic N) is 2. The van der Waals surface area contributed by atoms with Gasteiger partial charge >= 0.3 is 5.97 Å². The number of rotatable bonds is 3. The Balaban J connectivity index is 2.37. The van der Waals surface area contributed by atoms with Crippen LogP contribution in [0.3, 0.4) is 0 Å². The molecule has 1 aromatic heterocycles. The molecule has 0 spiro atoms. The standard InChI is InChI=1S/C12H11BrN2O2/c1-15-10(6-11(16)17)7-14-12(15)8-2-4-9(13)5-3-8/h2-5,7H,6H2,1H3,(H,16,17). The van der Waals surface area contributed by atoms with Crippen molar-refractivity contribution in [2.45, 2.75) is 6.42 Å². The summed E-state index contributed by atoms with van der Waals surface area (Å²) in [6.07, 6.45) is 1.59. The van der Waals surface area contributed by atoms with E-state index in [4.69, 9.17) is 5.11 Å². The molecule has 0 saturated heterocycles. The van der Waals surface area contributed by atoms with Crippen molar-refractivity contribution in [1.82, 2.24) is 9.55 Å². The van der Waals surface area contributed by atoms with Gasteiger partial charge in [-0.1, -0.05) is 28.1 Å². The summed E-state index contributed by atoms with van der Waals surface area (Å²) in [6.45, 7) is 0. The molecule has 1 heterocycles. The number of hydrogen-bond donors (Lipinski definition) is 1. The van der Waals surface area contributed by atoms with Gasteiger partial charge in [-0.3, -0.25) is 4.79 Å². The number of carbonyl (C=O) groups is 1. The predicted octanol–water partition coefficient (Wildman–Crippen LogP) is 2.48. The molecule has 88 valence electrons. The normalized spacial score (nSPS) is 10.5. The fraction of sp³-hybridized carbons (Fsp3) is 0.167. The zero-order valence-electron chi connectivity index (χ0n) is 9.22. The van der Waals surface area contributed by atoms with E-state index in [0.29, 0.717) is 5.69 Å². The second kappa shape index (κ2) is 4.71. The molecule has 0 bridgehead atoms. The van der Waals surface area contributed by atoms with Gasteiger partial charge in [0.25, 0.3) is 0 Å². The lowest BCUT2D eigenvalue weighted by Gasteiger charge is -2.04. The molecule has 5 heteroatoms. The Labute approximate surface area is 107 Å². The van der Waals surface area contributed by atoms with E-state index in [1.54, 1.807) is 10.8 Å². The minimum Gasteiger partial charge on any atom is -0.481 e. The van der Waals surface area contributed by atoms with Crippen LogP contribution in [0.2, 0.25) is 0 Å². The van der Waals surface area contributed by atoms with E-state index >= 15 is 0 Å². The van der Waals surface area contributed by atoms with Crippen molar-refractivity contribution in [2.75, 3.05) is 0 Å². The molecule has 0 aliphatic heterocycles. The summed E-state index contributed by atoms with van der Waals surface area (Å²) in [5, 5.41) is 8.76. The van der Waals surface area contributed by atoms with Crippen molar-refractivity contribution in [3.05, 3.63) is 40.6 Å². The highest BCUT2D eigenvalue weighted by Gasteiger charge is 2.10. The Morgan fingerprint density at radius 2 is 2.06 bits per heavy atom. The maximum atomic E-state index is 10.7. The van der Waals surface area contributed by atoms with E-state index < -0.39 is 5.97 Å². The van der Waals surface area contributed by atoms with Crippen molar-refractivity contribution < 1.29 is 9.90 Å². The van der Waals surface area contributed by atoms with Gasteiger partial charge < -0.3 is 9.67 Å². The van der Waals surface area contributed by atoms with Gasteiger partial charge in [-0.2, -0.15) is 0 Å². The molecule has 17 heavy (non-hydrogen) atoms. The van der Waals surface area contributed by atoms with E-state index in [2.05, 4.69) is 20.9 Å². The zero-order chi connectivity index (χ0) is 12.4. The molecule has 2 rings (SSSR count). The smallest absolute Gasteiger partial charge is 0.309 e. The molecule has 0 radical (unpaired) electrons. The first-order valence-electron chi connectivity index (χ1n) is 5.06. The van der Waals surface area contributed by atoms with Crippen LogP contribution in [0.15, 0.2) is 34.9 Å². The molecular formula is C12H11BrN2O2. The number of hydrogen-bond acceptors (Lipinski definition) is 2. The number of aliphatic carboxylic acids is 1. The van der Waals surface area contributed by atoms with Crippen LogP contribution in [0.1, 0.15) is 5.69 Å². The van der Waals surface area contributed by atoms with Gasteiger partial charge in [-0.05, 0) is 12.1 Å². The van der Waals surface area contributed by atoms with Crippen molar-refractivity contribution in [2.24, 2.45) is 7.05 Å². The van der Waals surface area contributed by atoms with Crippen LogP contribution in [0.5, 0.6) is 0 Å². The van der Waals surface area contributed by atoms with Crippen LogP contribution in [-0.2, 0) is 18.3 Å². The monoisotopic (exact) mass is 294 g/mol. The lowest BCUT2D eigenvalue weighted by molar-refractivity contribution is -0.136. The van der Waals surface area contributed by atoms with Crippen LogP contribution < -0.4 is 0 Å². The molecule has 0 aliphatic rings. The summed E-state index contributed by atoms with van der Waals surface area (Å²) in [6, 6.07) is 7.75. The summed E-state index contributed by atoms with van der Waals surface area (Å²) in [5.74, 6) is -0.0795. The lowest BCUT2D eigenvalue weighted by atomic mass is 10.2. The van der Waals surface area contributed by atoms with Gasteiger partial charge in [0.05, 0.1) is 6.42 Å². The van der Waals surface area contributed by atoms with E-state index in [1.165, 1.54) is 0 Å². The van der Waals surface area contributed by atoms with Crippen LogP contribution in [-0.4, -0.2) is 20.6 Å². The van der Waals surface area contributed by atoms with Gasteiger partial charge in [0.2, 0.25) is 0 Å². The number of aromatic nitrogens is 2. The quantitative estimate of drug-likeness (QED) is 0.946. The van der Waals surface area contributed by atoms with Gasteiger partial charge in [0.15, 0.2) is 0 Å². The SMILES string of the molecule is Cn1c(CC(=O)O)cnc1-c1ccc(Br)cc1. The first-order chi connectivity index (χ1) is 8.08. The number of halogens is 1. The molecule has 0 amide bonds. The van der Waals surface area contributed by atoms with Crippen molar-refractivity contribution >= 4 is 21.9 Å². The first kappa shape index (κ1) is 11.9. The molecule has 4 nitrogen and oxygen atoms in total. The third kappa shape index (κ3) is 2.55. The molecule has 0 saturated carbocycles. The van der Waals surface area contributed by atoms with Crippen molar-refractivity contribution in [3.8, 4) is 11.4 Å². The van der Waals surface area contributed by atoms with Crippen molar-refractivity contribution in [3.63, 3.8) is 0 Å². The Bertz CT molecular complexity index is 546. The topological polar surface area (TPSA) is 55.1 Å². The Kier molecular flexibility index (Phi) is 3.28. The maximum Gasteiger partial charge on any atom is 0.309 e. The third-order valence-corrected chi connectivity index (χ3v) is 3.05. The second-order valence-electron chi connectivity index (χ2n) is 3.71. The van der Waals surface area contributed by atoms with Crippen LogP contribution in [0.4, 0.5) is 0 Å². The highest BCUT2D eigenvalue weighted by Crippen LogP contribution is 2.21. The van der Waals surface area contributed by atoms with Crippen LogP contribution in [0, 0.1) is 0 Å². The Morgan fingerprint density at radius 3 is 2.65 bits per heavy atom. The van der Waals surface area contributed by atoms with E-state index in [9.17, 15) is 4.79 Å². The number of benzene rings is 1. The number of carboxylic acids is 1. The molecule has 0 fully saturated rings. The highest BCUT2D eigenvalue weighted by molar-refractivity contribution is 9.10. The number of carboxylic acid groups (broad SMARTS) is 1. The maximum absolute atomic E-state index is 10.7. The molecular weight excluding hydrogens is 284 g/mol. The van der Waals surface area contributed by atoms with Gasteiger partial charge in [0.1, 0.15) is 5.82 Å². The summed E-state index contributed by atoms with van der Waals surface area (Å²) in [7, 11) is 1.82. The molecule has 1 aromatic carbocycles. The first-order valence-corrected chi connectivity index (χ1v) is 5.85. The molecule has 0 atom stereocenters. The predicted molar refractivity (Wildman–Crippen MR) is 67.7 cm³/mol. The average Bonchev–Trinajstić information content (AvgIpc) is 2.61. The third-order valence-electron chi connectivity index (χ3n) is 2.52. The molecule has 2 aromatic rings. The fourth-order valence-corrected chi connectivity index (χ4v) is 1.90. The van der Waals surface area contributed by atoms with Gasteiger partial charge in [0, 0.05) is 29.0 Å². The highest BCUT2D eigenvalue weighted by atomic mass is 79.9. The number of imidazole rings is 1. The Morgan fingerprint density at radius 1 is 1.41 bits per heavy atom. The second-order valence-corrected chi connectivity index (χ2v) is 4.63.